The van der Waals surface area contributed by atoms with Crippen LogP contribution >= 0.6 is 0 Å². The number of esters is 1. The number of nitrogens with zero attached hydrogens (tertiary/aromatic N) is 1. The van der Waals surface area contributed by atoms with Crippen LogP contribution in [0.2, 0.25) is 0 Å². The van der Waals surface area contributed by atoms with Gasteiger partial charge in [-0.25, -0.2) is 0 Å². The van der Waals surface area contributed by atoms with Gasteiger partial charge in [0.25, 0.3) is 0 Å². The van der Waals surface area contributed by atoms with Gasteiger partial charge in [-0.3, -0.25) is 9.59 Å². The summed E-state index contributed by atoms with van der Waals surface area (Å²) < 4.78 is 10.7. The maximum absolute atomic E-state index is 12.2. The van der Waals surface area contributed by atoms with Crippen molar-refractivity contribution in [1.82, 2.24) is 4.90 Å². The fourth-order valence-electron chi connectivity index (χ4n) is 3.01. The van der Waals surface area contributed by atoms with E-state index < -0.39 is 0 Å². The summed E-state index contributed by atoms with van der Waals surface area (Å²) in [5.74, 6) is 0.974. The Balaban J connectivity index is 1.47. The highest BCUT2D eigenvalue weighted by Gasteiger charge is 2.36. The molecule has 23 heavy (non-hydrogen) atoms. The molecule has 124 valence electrons. The van der Waals surface area contributed by atoms with E-state index in [-0.39, 0.29) is 30.3 Å². The van der Waals surface area contributed by atoms with Crippen LogP contribution < -0.4 is 4.74 Å². The van der Waals surface area contributed by atoms with Crippen molar-refractivity contribution in [2.45, 2.75) is 32.3 Å². The first-order valence-electron chi connectivity index (χ1n) is 8.26. The third-order valence-electron chi connectivity index (χ3n) is 4.63. The van der Waals surface area contributed by atoms with E-state index in [0.717, 1.165) is 24.2 Å². The van der Waals surface area contributed by atoms with Crippen LogP contribution in [0, 0.1) is 11.8 Å². The largest absolute Gasteiger partial charge is 0.496 e. The van der Waals surface area contributed by atoms with Gasteiger partial charge in [-0.05, 0) is 31.7 Å². The highest BCUT2D eigenvalue weighted by atomic mass is 16.5. The molecule has 1 aliphatic carbocycles. The molecule has 1 saturated heterocycles. The zero-order valence-electron chi connectivity index (χ0n) is 13.5. The van der Waals surface area contributed by atoms with E-state index in [1.807, 2.05) is 29.2 Å². The Morgan fingerprint density at radius 1 is 1.09 bits per heavy atom. The molecule has 0 unspecified atom stereocenters. The Labute approximate surface area is 136 Å². The molecule has 0 N–H and O–H groups in total. The fourth-order valence-corrected chi connectivity index (χ4v) is 3.01. The van der Waals surface area contributed by atoms with E-state index in [4.69, 9.17) is 9.47 Å². The molecule has 0 atom stereocenters. The van der Waals surface area contributed by atoms with Gasteiger partial charge in [-0.2, -0.15) is 0 Å². The third-order valence-corrected chi connectivity index (χ3v) is 4.63. The molecular weight excluding hydrogens is 294 g/mol. The number of amides is 1. The highest BCUT2D eigenvalue weighted by molar-refractivity contribution is 5.81. The average molecular weight is 317 g/mol. The SMILES string of the molecule is COc1ccccc1COC(=O)C1CCN(C(=O)C2CC2)CC1. The molecule has 1 heterocycles. The molecule has 2 aliphatic rings. The number of carbonyl (C=O) groups is 2. The molecule has 1 aromatic rings. The van der Waals surface area contributed by atoms with Gasteiger partial charge in [0.1, 0.15) is 12.4 Å². The summed E-state index contributed by atoms with van der Waals surface area (Å²) >= 11 is 0. The number of likely N-dealkylation sites (tertiary alicyclic amines) is 1. The van der Waals surface area contributed by atoms with Gasteiger partial charge in [0, 0.05) is 24.6 Å². The second-order valence-corrected chi connectivity index (χ2v) is 6.29. The smallest absolute Gasteiger partial charge is 0.309 e. The van der Waals surface area contributed by atoms with Crippen LogP contribution in [0.4, 0.5) is 0 Å². The first-order chi connectivity index (χ1) is 11.2. The normalized spacial score (nSPS) is 18.6. The standard InChI is InChI=1S/C18H23NO4/c1-22-16-5-3-2-4-15(16)12-23-18(21)14-8-10-19(11-9-14)17(20)13-6-7-13/h2-5,13-14H,6-12H2,1H3. The number of piperidine rings is 1. The molecule has 0 spiro atoms. The molecule has 1 aromatic carbocycles. The van der Waals surface area contributed by atoms with Gasteiger partial charge in [0.05, 0.1) is 13.0 Å². The van der Waals surface area contributed by atoms with Gasteiger partial charge in [0.2, 0.25) is 5.91 Å². The lowest BCUT2D eigenvalue weighted by Gasteiger charge is -2.31. The van der Waals surface area contributed by atoms with E-state index in [1.54, 1.807) is 7.11 Å². The Bertz CT molecular complexity index is 574. The Morgan fingerprint density at radius 3 is 2.43 bits per heavy atom. The topological polar surface area (TPSA) is 55.8 Å². The second kappa shape index (κ2) is 7.02. The zero-order valence-corrected chi connectivity index (χ0v) is 13.5. The van der Waals surface area contributed by atoms with E-state index >= 15 is 0 Å². The zero-order chi connectivity index (χ0) is 16.2. The molecule has 0 radical (unpaired) electrons. The van der Waals surface area contributed by atoms with E-state index in [0.29, 0.717) is 25.9 Å². The number of ether oxygens (including phenoxy) is 2. The monoisotopic (exact) mass is 317 g/mol. The minimum Gasteiger partial charge on any atom is -0.496 e. The lowest BCUT2D eigenvalue weighted by molar-refractivity contribution is -0.153. The maximum atomic E-state index is 12.2. The Morgan fingerprint density at radius 2 is 1.78 bits per heavy atom. The molecular formula is C18H23NO4. The molecule has 3 rings (SSSR count). The number of methoxy groups -OCH3 is 1. The number of carbonyl (C=O) groups excluding carboxylic acids is 2. The molecule has 5 heteroatoms. The number of para-hydroxylation sites is 1. The quantitative estimate of drug-likeness (QED) is 0.783. The van der Waals surface area contributed by atoms with Crippen molar-refractivity contribution >= 4 is 11.9 Å². The van der Waals surface area contributed by atoms with E-state index in [9.17, 15) is 9.59 Å². The van der Waals surface area contributed by atoms with Crippen molar-refractivity contribution in [3.63, 3.8) is 0 Å². The lowest BCUT2D eigenvalue weighted by Crippen LogP contribution is -2.41. The van der Waals surface area contributed by atoms with E-state index in [1.165, 1.54) is 0 Å². The summed E-state index contributed by atoms with van der Waals surface area (Å²) in [6, 6.07) is 7.53. The first kappa shape index (κ1) is 15.8. The molecule has 1 amide bonds. The summed E-state index contributed by atoms with van der Waals surface area (Å²) in [6.45, 7) is 1.57. The predicted octanol–water partition coefficient (Wildman–Crippen LogP) is 2.39. The number of hydrogen-bond acceptors (Lipinski definition) is 4. The number of hydrogen-bond donors (Lipinski definition) is 0. The molecule has 0 aromatic heterocycles. The summed E-state index contributed by atoms with van der Waals surface area (Å²) in [7, 11) is 1.60. The van der Waals surface area contributed by atoms with Crippen LogP contribution in [0.5, 0.6) is 5.75 Å². The molecule has 0 bridgehead atoms. The molecule has 1 aliphatic heterocycles. The van der Waals surface area contributed by atoms with Crippen LogP contribution in [-0.2, 0) is 20.9 Å². The van der Waals surface area contributed by atoms with Crippen molar-refractivity contribution in [1.29, 1.82) is 0 Å². The van der Waals surface area contributed by atoms with Gasteiger partial charge >= 0.3 is 5.97 Å². The molecule has 5 nitrogen and oxygen atoms in total. The van der Waals surface area contributed by atoms with Gasteiger partial charge in [-0.1, -0.05) is 18.2 Å². The number of rotatable bonds is 5. The Hall–Kier alpha value is -2.04. The number of benzene rings is 1. The van der Waals surface area contributed by atoms with Crippen LogP contribution in [0.3, 0.4) is 0 Å². The van der Waals surface area contributed by atoms with Crippen molar-refractivity contribution < 1.29 is 19.1 Å². The van der Waals surface area contributed by atoms with Gasteiger partial charge in [-0.15, -0.1) is 0 Å². The average Bonchev–Trinajstić information content (AvgIpc) is 3.44. The van der Waals surface area contributed by atoms with Crippen LogP contribution in [0.25, 0.3) is 0 Å². The predicted molar refractivity (Wildman–Crippen MR) is 84.8 cm³/mol. The second-order valence-electron chi connectivity index (χ2n) is 6.29. The van der Waals surface area contributed by atoms with Gasteiger partial charge < -0.3 is 14.4 Å². The van der Waals surface area contributed by atoms with Crippen LogP contribution in [0.1, 0.15) is 31.2 Å². The lowest BCUT2D eigenvalue weighted by atomic mass is 9.96. The summed E-state index contributed by atoms with van der Waals surface area (Å²) in [4.78, 5) is 26.1. The molecule has 2 fully saturated rings. The fraction of sp³-hybridized carbons (Fsp3) is 0.556. The van der Waals surface area contributed by atoms with Crippen molar-refractivity contribution in [3.8, 4) is 5.75 Å². The Kier molecular flexibility index (Phi) is 4.84. The molecule has 1 saturated carbocycles. The summed E-state index contributed by atoms with van der Waals surface area (Å²) in [6.07, 6.45) is 3.45. The van der Waals surface area contributed by atoms with Crippen molar-refractivity contribution in [3.05, 3.63) is 29.8 Å². The first-order valence-corrected chi connectivity index (χ1v) is 8.26. The third kappa shape index (κ3) is 3.84. The summed E-state index contributed by atoms with van der Waals surface area (Å²) in [5.41, 5.74) is 0.865. The van der Waals surface area contributed by atoms with Crippen molar-refractivity contribution in [2.24, 2.45) is 11.8 Å². The summed E-state index contributed by atoms with van der Waals surface area (Å²) in [5, 5.41) is 0. The van der Waals surface area contributed by atoms with Crippen LogP contribution in [-0.4, -0.2) is 37.0 Å². The minimum absolute atomic E-state index is 0.104. The maximum Gasteiger partial charge on any atom is 0.309 e. The minimum atomic E-state index is -0.172. The van der Waals surface area contributed by atoms with Crippen LogP contribution in [0.15, 0.2) is 24.3 Å². The van der Waals surface area contributed by atoms with Crippen molar-refractivity contribution in [2.75, 3.05) is 20.2 Å². The van der Waals surface area contributed by atoms with E-state index in [2.05, 4.69) is 0 Å². The highest BCUT2D eigenvalue weighted by Crippen LogP contribution is 2.32. The van der Waals surface area contributed by atoms with Gasteiger partial charge in [0.15, 0.2) is 0 Å².